The first-order chi connectivity index (χ1) is 15.4. The zero-order valence-corrected chi connectivity index (χ0v) is 21.4. The first kappa shape index (κ1) is 23.2. The van der Waals surface area contributed by atoms with Crippen molar-refractivity contribution < 1.29 is 4.74 Å². The molecule has 0 spiro atoms. The standard InChI is InChI=1S/C27H34BrN3O/c1-6-21-9-8-10-24-23(21)14-26(7-2,17-32-5)31-27(24,13-20-15-29-30-16-20)25-18(3)11-22(28)12-19(25)4/h8-12,15-16,31H,6-7,13-14,17H2,1-5H3,(H,29,30). The lowest BCUT2D eigenvalue weighted by molar-refractivity contribution is 0.0743. The van der Waals surface area contributed by atoms with Gasteiger partial charge in [-0.15, -0.1) is 0 Å². The molecule has 5 heteroatoms. The van der Waals surface area contributed by atoms with E-state index in [0.29, 0.717) is 6.61 Å². The van der Waals surface area contributed by atoms with Crippen LogP contribution in [0.3, 0.4) is 0 Å². The van der Waals surface area contributed by atoms with Gasteiger partial charge in [0.05, 0.1) is 18.3 Å². The molecular weight excluding hydrogens is 462 g/mol. The molecule has 32 heavy (non-hydrogen) atoms. The monoisotopic (exact) mass is 495 g/mol. The highest BCUT2D eigenvalue weighted by atomic mass is 79.9. The summed E-state index contributed by atoms with van der Waals surface area (Å²) >= 11 is 3.71. The molecule has 1 aliphatic heterocycles. The van der Waals surface area contributed by atoms with Crippen LogP contribution in [-0.2, 0) is 29.5 Å². The molecule has 1 aromatic heterocycles. The van der Waals surface area contributed by atoms with Gasteiger partial charge in [0.15, 0.2) is 0 Å². The van der Waals surface area contributed by atoms with Crippen molar-refractivity contribution in [1.29, 1.82) is 0 Å². The molecule has 0 bridgehead atoms. The van der Waals surface area contributed by atoms with E-state index in [9.17, 15) is 0 Å². The number of aromatic nitrogens is 2. The van der Waals surface area contributed by atoms with E-state index in [1.807, 2.05) is 19.5 Å². The summed E-state index contributed by atoms with van der Waals surface area (Å²) in [5, 5.41) is 11.5. The molecule has 2 unspecified atom stereocenters. The van der Waals surface area contributed by atoms with Gasteiger partial charge in [-0.25, -0.2) is 0 Å². The van der Waals surface area contributed by atoms with Crippen molar-refractivity contribution in [1.82, 2.24) is 15.5 Å². The van der Waals surface area contributed by atoms with Crippen LogP contribution in [0.5, 0.6) is 0 Å². The lowest BCUT2D eigenvalue weighted by atomic mass is 9.66. The van der Waals surface area contributed by atoms with Gasteiger partial charge in [-0.05, 0) is 84.2 Å². The third kappa shape index (κ3) is 3.95. The van der Waals surface area contributed by atoms with Crippen molar-refractivity contribution in [2.45, 2.75) is 64.5 Å². The Kier molecular flexibility index (Phi) is 6.62. The number of halogens is 1. The van der Waals surface area contributed by atoms with E-state index in [0.717, 1.165) is 30.2 Å². The van der Waals surface area contributed by atoms with Crippen LogP contribution in [0.2, 0.25) is 0 Å². The summed E-state index contributed by atoms with van der Waals surface area (Å²) in [5.74, 6) is 0. The molecule has 2 N–H and O–H groups in total. The number of ether oxygens (including phenoxy) is 1. The van der Waals surface area contributed by atoms with Gasteiger partial charge in [0, 0.05) is 29.7 Å². The summed E-state index contributed by atoms with van der Waals surface area (Å²) in [6.45, 7) is 9.66. The Morgan fingerprint density at radius 1 is 1.16 bits per heavy atom. The molecule has 2 atom stereocenters. The van der Waals surface area contributed by atoms with Gasteiger partial charge in [0.1, 0.15) is 0 Å². The average Bonchev–Trinajstić information content (AvgIpc) is 3.25. The Labute approximate surface area is 200 Å². The number of aryl methyl sites for hydroxylation is 3. The predicted octanol–water partition coefficient (Wildman–Crippen LogP) is 5.78. The van der Waals surface area contributed by atoms with Crippen molar-refractivity contribution in [3.8, 4) is 0 Å². The van der Waals surface area contributed by atoms with Crippen LogP contribution in [0.15, 0.2) is 47.2 Å². The fourth-order valence-corrected chi connectivity index (χ4v) is 6.53. The van der Waals surface area contributed by atoms with Gasteiger partial charge >= 0.3 is 0 Å². The van der Waals surface area contributed by atoms with Crippen LogP contribution < -0.4 is 5.32 Å². The Morgan fingerprint density at radius 2 is 1.91 bits per heavy atom. The largest absolute Gasteiger partial charge is 0.383 e. The fourth-order valence-electron chi connectivity index (χ4n) is 5.85. The van der Waals surface area contributed by atoms with Gasteiger partial charge < -0.3 is 4.74 Å². The van der Waals surface area contributed by atoms with E-state index < -0.39 is 0 Å². The maximum atomic E-state index is 5.82. The molecule has 170 valence electrons. The summed E-state index contributed by atoms with van der Waals surface area (Å²) < 4.78 is 6.94. The van der Waals surface area contributed by atoms with E-state index in [1.54, 1.807) is 0 Å². The molecule has 4 rings (SSSR count). The van der Waals surface area contributed by atoms with Gasteiger partial charge in [-0.1, -0.05) is 48.0 Å². The molecular formula is C27H34BrN3O. The van der Waals surface area contributed by atoms with Crippen LogP contribution in [0.1, 0.15) is 59.2 Å². The lowest BCUT2D eigenvalue weighted by Crippen LogP contribution is -2.64. The third-order valence-corrected chi connectivity index (χ3v) is 7.61. The fraction of sp³-hybridized carbons (Fsp3) is 0.444. The van der Waals surface area contributed by atoms with E-state index >= 15 is 0 Å². The highest BCUT2D eigenvalue weighted by Gasteiger charge is 2.49. The van der Waals surface area contributed by atoms with Crippen molar-refractivity contribution in [2.24, 2.45) is 0 Å². The zero-order valence-electron chi connectivity index (χ0n) is 19.8. The predicted molar refractivity (Wildman–Crippen MR) is 134 cm³/mol. The molecule has 2 aromatic carbocycles. The Bertz CT molecular complexity index is 1070. The Morgan fingerprint density at radius 3 is 2.50 bits per heavy atom. The SMILES string of the molecule is CCc1cccc2c1CC(CC)(COC)NC2(Cc1cn[nH]c1)c1c(C)cc(Br)cc1C. The van der Waals surface area contributed by atoms with E-state index in [4.69, 9.17) is 4.74 Å². The number of hydrogen-bond donors (Lipinski definition) is 2. The molecule has 0 aliphatic carbocycles. The minimum absolute atomic E-state index is 0.150. The molecule has 3 aromatic rings. The van der Waals surface area contributed by atoms with Gasteiger partial charge in [0.25, 0.3) is 0 Å². The third-order valence-electron chi connectivity index (χ3n) is 7.15. The van der Waals surface area contributed by atoms with E-state index in [-0.39, 0.29) is 11.1 Å². The summed E-state index contributed by atoms with van der Waals surface area (Å²) in [4.78, 5) is 0. The molecule has 0 amide bonds. The first-order valence-electron chi connectivity index (χ1n) is 11.5. The highest BCUT2D eigenvalue weighted by molar-refractivity contribution is 9.10. The summed E-state index contributed by atoms with van der Waals surface area (Å²) in [5.41, 5.74) is 8.86. The first-order valence-corrected chi connectivity index (χ1v) is 12.3. The second kappa shape index (κ2) is 9.12. The van der Waals surface area contributed by atoms with Crippen molar-refractivity contribution in [3.63, 3.8) is 0 Å². The number of fused-ring (bicyclic) bond motifs is 1. The van der Waals surface area contributed by atoms with Crippen LogP contribution >= 0.6 is 15.9 Å². The average molecular weight is 496 g/mol. The summed E-state index contributed by atoms with van der Waals surface area (Å²) in [6, 6.07) is 11.3. The quantitative estimate of drug-likeness (QED) is 0.436. The molecule has 0 radical (unpaired) electrons. The Balaban J connectivity index is 2.08. The maximum Gasteiger partial charge on any atom is 0.0745 e. The molecule has 4 nitrogen and oxygen atoms in total. The summed E-state index contributed by atoms with van der Waals surface area (Å²) in [6.07, 6.45) is 7.77. The normalized spacial score (nSPS) is 22.7. The number of rotatable bonds is 7. The van der Waals surface area contributed by atoms with Crippen molar-refractivity contribution in [2.75, 3.05) is 13.7 Å². The number of H-pyrrole nitrogens is 1. The molecule has 1 aliphatic rings. The molecule has 0 fully saturated rings. The smallest absolute Gasteiger partial charge is 0.0745 e. The number of methoxy groups -OCH3 is 1. The second-order valence-corrected chi connectivity index (χ2v) is 10.2. The highest BCUT2D eigenvalue weighted by Crippen LogP contribution is 2.46. The van der Waals surface area contributed by atoms with Gasteiger partial charge in [-0.2, -0.15) is 5.10 Å². The van der Waals surface area contributed by atoms with Crippen LogP contribution in [0.25, 0.3) is 0 Å². The number of nitrogens with zero attached hydrogens (tertiary/aromatic N) is 1. The second-order valence-electron chi connectivity index (χ2n) is 9.27. The minimum Gasteiger partial charge on any atom is -0.383 e. The Hall–Kier alpha value is -1.95. The number of aromatic amines is 1. The van der Waals surface area contributed by atoms with Crippen molar-refractivity contribution in [3.05, 3.63) is 86.1 Å². The number of nitrogens with one attached hydrogen (secondary N) is 2. The van der Waals surface area contributed by atoms with Crippen LogP contribution in [0, 0.1) is 13.8 Å². The maximum absolute atomic E-state index is 5.82. The molecule has 0 saturated heterocycles. The zero-order chi connectivity index (χ0) is 22.9. The van der Waals surface area contributed by atoms with E-state index in [1.165, 1.54) is 38.9 Å². The molecule has 2 heterocycles. The minimum atomic E-state index is -0.383. The lowest BCUT2D eigenvalue weighted by Gasteiger charge is -2.52. The molecule has 0 saturated carbocycles. The number of hydrogen-bond acceptors (Lipinski definition) is 3. The van der Waals surface area contributed by atoms with Gasteiger partial charge in [-0.3, -0.25) is 10.4 Å². The van der Waals surface area contributed by atoms with E-state index in [2.05, 4.69) is 89.5 Å². The topological polar surface area (TPSA) is 49.9 Å². The van der Waals surface area contributed by atoms with Gasteiger partial charge in [0.2, 0.25) is 0 Å². The van der Waals surface area contributed by atoms with Crippen LogP contribution in [0.4, 0.5) is 0 Å². The van der Waals surface area contributed by atoms with Crippen LogP contribution in [-0.4, -0.2) is 29.5 Å². The van der Waals surface area contributed by atoms with Crippen molar-refractivity contribution >= 4 is 15.9 Å². The summed E-state index contributed by atoms with van der Waals surface area (Å²) in [7, 11) is 1.81. The number of benzene rings is 2.